The highest BCUT2D eigenvalue weighted by Crippen LogP contribution is 1.79. The van der Waals surface area contributed by atoms with Crippen molar-refractivity contribution >= 4 is 22.3 Å². The van der Waals surface area contributed by atoms with Gasteiger partial charge in [-0.15, -0.1) is 0 Å². The third-order valence-electron chi connectivity index (χ3n) is 1.07. The number of carbonyl (C=O) groups excluding carboxylic acids is 1. The van der Waals surface area contributed by atoms with Crippen LogP contribution < -0.4 is 0 Å². The highest BCUT2D eigenvalue weighted by molar-refractivity contribution is 7.66. The van der Waals surface area contributed by atoms with Crippen molar-refractivity contribution in [3.05, 3.63) is 36.4 Å². The molecule has 1 aromatic carbocycles. The second-order valence-corrected chi connectivity index (χ2v) is 3.06. The van der Waals surface area contributed by atoms with Crippen LogP contribution in [0.2, 0.25) is 0 Å². The second-order valence-electron chi connectivity index (χ2n) is 2.32. The molecule has 0 saturated carbocycles. The van der Waals surface area contributed by atoms with Crippen LogP contribution in [0.5, 0.6) is 0 Å². The van der Waals surface area contributed by atoms with Crippen molar-refractivity contribution in [1.29, 1.82) is 0 Å². The molecule has 1 rings (SSSR count). The van der Waals surface area contributed by atoms with Gasteiger partial charge in [0, 0.05) is 13.8 Å². The van der Waals surface area contributed by atoms with Crippen molar-refractivity contribution in [2.24, 2.45) is 0 Å². The molecule has 0 saturated heterocycles. The third-order valence-corrected chi connectivity index (χ3v) is 1.39. The van der Waals surface area contributed by atoms with Crippen molar-refractivity contribution in [2.45, 2.75) is 13.8 Å². The average Bonchev–Trinajstić information content (AvgIpc) is 2.20. The van der Waals surface area contributed by atoms with Gasteiger partial charge in [-0.1, -0.05) is 36.4 Å². The monoisotopic (exact) mass is 212 g/mol. The van der Waals surface area contributed by atoms with E-state index in [1.54, 1.807) is 0 Å². The lowest BCUT2D eigenvalue weighted by Crippen LogP contribution is -2.03. The Hall–Kier alpha value is -1.42. The van der Waals surface area contributed by atoms with E-state index in [0.717, 1.165) is 0 Å². The first-order valence-electron chi connectivity index (χ1n) is 3.98. The fraction of sp³-hybridized carbons (Fsp3) is 0.200. The first kappa shape index (κ1) is 12.6. The molecule has 0 spiro atoms. The van der Waals surface area contributed by atoms with Crippen LogP contribution in [0.3, 0.4) is 0 Å². The lowest BCUT2D eigenvalue weighted by atomic mass is 10.4. The molecule has 0 radical (unpaired) electrons. The molecule has 0 atom stereocenters. The van der Waals surface area contributed by atoms with Crippen molar-refractivity contribution in [1.82, 2.24) is 0 Å². The molecule has 0 amide bonds. The summed E-state index contributed by atoms with van der Waals surface area (Å²) in [6.07, 6.45) is 0. The SMILES string of the molecule is CC(=O)OC(C)=S=O.c1ccccc1. The Bertz CT molecular complexity index is 289. The summed E-state index contributed by atoms with van der Waals surface area (Å²) >= 11 is 0.177. The molecule has 0 aromatic heterocycles. The molecule has 76 valence electrons. The van der Waals surface area contributed by atoms with Crippen LogP contribution in [-0.2, 0) is 20.8 Å². The minimum Gasteiger partial charge on any atom is -0.417 e. The molecule has 0 heterocycles. The minimum absolute atomic E-state index is 0.137. The van der Waals surface area contributed by atoms with Crippen LogP contribution >= 0.6 is 0 Å². The van der Waals surface area contributed by atoms with Crippen LogP contribution in [0.25, 0.3) is 0 Å². The molecule has 0 unspecified atom stereocenters. The number of rotatable bonds is 0. The van der Waals surface area contributed by atoms with Gasteiger partial charge in [0.15, 0.2) is 5.05 Å². The number of hydrogen-bond donors (Lipinski definition) is 0. The van der Waals surface area contributed by atoms with Gasteiger partial charge >= 0.3 is 5.97 Å². The maximum Gasteiger partial charge on any atom is 0.308 e. The Morgan fingerprint density at radius 1 is 1.00 bits per heavy atom. The topological polar surface area (TPSA) is 43.4 Å². The maximum atomic E-state index is 10.0. The van der Waals surface area contributed by atoms with Crippen LogP contribution in [0.4, 0.5) is 0 Å². The molecular weight excluding hydrogens is 200 g/mol. The maximum absolute atomic E-state index is 10.0. The predicted octanol–water partition coefficient (Wildman–Crippen LogP) is 1.60. The molecule has 0 N–H and O–H groups in total. The zero-order valence-corrected chi connectivity index (χ0v) is 8.91. The Balaban J connectivity index is 0.000000249. The van der Waals surface area contributed by atoms with Gasteiger partial charge in [0.25, 0.3) is 0 Å². The van der Waals surface area contributed by atoms with Crippen LogP contribution in [-0.4, -0.2) is 15.2 Å². The van der Waals surface area contributed by atoms with E-state index in [1.807, 2.05) is 36.4 Å². The summed E-state index contributed by atoms with van der Waals surface area (Å²) in [6, 6.07) is 12.0. The van der Waals surface area contributed by atoms with E-state index in [0.29, 0.717) is 0 Å². The molecule has 14 heavy (non-hydrogen) atoms. The molecule has 0 fully saturated rings. The third kappa shape index (κ3) is 8.67. The lowest BCUT2D eigenvalue weighted by molar-refractivity contribution is -0.132. The summed E-state index contributed by atoms with van der Waals surface area (Å²) < 4.78 is 14.1. The van der Waals surface area contributed by atoms with Gasteiger partial charge in [-0.3, -0.25) is 4.79 Å². The molecule has 0 bridgehead atoms. The molecule has 1 aromatic rings. The lowest BCUT2D eigenvalue weighted by Gasteiger charge is -1.91. The van der Waals surface area contributed by atoms with E-state index in [-0.39, 0.29) is 16.3 Å². The Kier molecular flexibility index (Phi) is 7.36. The van der Waals surface area contributed by atoms with Crippen LogP contribution in [0, 0.1) is 0 Å². The van der Waals surface area contributed by atoms with Gasteiger partial charge in [0.05, 0.1) is 0 Å². The molecule has 3 nitrogen and oxygen atoms in total. The molecule has 0 aliphatic carbocycles. The summed E-state index contributed by atoms with van der Waals surface area (Å²) in [5, 5.41) is 0.137. The number of hydrogen-bond acceptors (Lipinski definition) is 3. The highest BCUT2D eigenvalue weighted by Gasteiger charge is 1.92. The zero-order valence-electron chi connectivity index (χ0n) is 8.10. The normalized spacial score (nSPS) is 7.86. The molecular formula is C10H12O3S. The van der Waals surface area contributed by atoms with E-state index in [2.05, 4.69) is 4.74 Å². The highest BCUT2D eigenvalue weighted by atomic mass is 32.1. The predicted molar refractivity (Wildman–Crippen MR) is 57.0 cm³/mol. The van der Waals surface area contributed by atoms with Crippen LogP contribution in [0.15, 0.2) is 36.4 Å². The number of ether oxygens (including phenoxy) is 1. The van der Waals surface area contributed by atoms with Gasteiger partial charge in [-0.2, -0.15) is 0 Å². The summed E-state index contributed by atoms with van der Waals surface area (Å²) in [5.41, 5.74) is 0. The Labute approximate surface area is 86.8 Å². The van der Waals surface area contributed by atoms with Crippen molar-refractivity contribution in [2.75, 3.05) is 0 Å². The first-order valence-corrected chi connectivity index (χ1v) is 4.72. The second kappa shape index (κ2) is 8.19. The van der Waals surface area contributed by atoms with Crippen molar-refractivity contribution < 1.29 is 13.7 Å². The van der Waals surface area contributed by atoms with Gasteiger partial charge in [-0.25, -0.2) is 4.21 Å². The van der Waals surface area contributed by atoms with E-state index in [4.69, 9.17) is 0 Å². The summed E-state index contributed by atoms with van der Waals surface area (Å²) in [6.45, 7) is 2.69. The van der Waals surface area contributed by atoms with Crippen LogP contribution in [0.1, 0.15) is 13.8 Å². The fourth-order valence-corrected chi connectivity index (χ4v) is 0.756. The van der Waals surface area contributed by atoms with Crippen molar-refractivity contribution in [3.8, 4) is 0 Å². The summed E-state index contributed by atoms with van der Waals surface area (Å²) in [7, 11) is 0. The standard InChI is InChI=1S/C6H6.C4H6O3S/c1-2-4-6-5-3-1;1-3(5)7-4(2)8-6/h1-6H;1-2H3. The Morgan fingerprint density at radius 2 is 1.36 bits per heavy atom. The quantitative estimate of drug-likeness (QED) is 0.484. The average molecular weight is 212 g/mol. The van der Waals surface area contributed by atoms with E-state index >= 15 is 0 Å². The number of benzene rings is 1. The van der Waals surface area contributed by atoms with Crippen molar-refractivity contribution in [3.63, 3.8) is 0 Å². The van der Waals surface area contributed by atoms with E-state index in [1.165, 1.54) is 13.8 Å². The fourth-order valence-electron chi connectivity index (χ4n) is 0.604. The smallest absolute Gasteiger partial charge is 0.308 e. The van der Waals surface area contributed by atoms with E-state index < -0.39 is 5.97 Å². The number of carbonyl (C=O) groups is 1. The minimum atomic E-state index is -0.453. The summed E-state index contributed by atoms with van der Waals surface area (Å²) in [5.74, 6) is -0.453. The zero-order chi connectivity index (χ0) is 10.8. The molecule has 4 heteroatoms. The van der Waals surface area contributed by atoms with E-state index in [9.17, 15) is 9.00 Å². The largest absolute Gasteiger partial charge is 0.417 e. The summed E-state index contributed by atoms with van der Waals surface area (Å²) in [4.78, 5) is 10.0. The van der Waals surface area contributed by atoms with Gasteiger partial charge < -0.3 is 4.74 Å². The molecule has 0 aliphatic heterocycles. The number of esters is 1. The Morgan fingerprint density at radius 3 is 1.50 bits per heavy atom. The van der Waals surface area contributed by atoms with Gasteiger partial charge in [0.1, 0.15) is 11.3 Å². The first-order chi connectivity index (χ1) is 6.66. The van der Waals surface area contributed by atoms with Gasteiger partial charge in [-0.05, 0) is 0 Å². The molecule has 0 aliphatic rings. The van der Waals surface area contributed by atoms with Gasteiger partial charge in [0.2, 0.25) is 0 Å².